The summed E-state index contributed by atoms with van der Waals surface area (Å²) in [6.45, 7) is 1.75. The third-order valence-electron chi connectivity index (χ3n) is 2.24. The summed E-state index contributed by atoms with van der Waals surface area (Å²) in [5.74, 6) is 0. The number of nitrogens with zero attached hydrogens (tertiary/aromatic N) is 2. The minimum Gasteiger partial charge on any atom is -0.383 e. The van der Waals surface area contributed by atoms with Crippen molar-refractivity contribution in [3.05, 3.63) is 42.4 Å². The fourth-order valence-corrected chi connectivity index (χ4v) is 1.49. The molecule has 1 aliphatic rings. The first-order valence-electron chi connectivity index (χ1n) is 4.57. The topological polar surface area (TPSA) is 45.5 Å². The largest absolute Gasteiger partial charge is 0.383 e. The summed E-state index contributed by atoms with van der Waals surface area (Å²) in [5.41, 5.74) is 0.478. The van der Waals surface area contributed by atoms with Crippen LogP contribution < -0.4 is 0 Å². The minimum absolute atomic E-state index is 0.586. The number of hydrogen-bond donors (Lipinski definition) is 1. The monoisotopic (exact) mass is 188 g/mol. The van der Waals surface area contributed by atoms with Gasteiger partial charge in [0.2, 0.25) is 0 Å². The van der Waals surface area contributed by atoms with Crippen LogP contribution in [-0.2, 0) is 0 Å². The van der Waals surface area contributed by atoms with Crippen LogP contribution in [-0.4, -0.2) is 21.4 Å². The van der Waals surface area contributed by atoms with Gasteiger partial charge in [-0.15, -0.1) is 0 Å². The fourth-order valence-electron chi connectivity index (χ4n) is 1.49. The zero-order valence-electron chi connectivity index (χ0n) is 8.01. The second kappa shape index (κ2) is 3.35. The maximum atomic E-state index is 10.1. The van der Waals surface area contributed by atoms with E-state index in [0.29, 0.717) is 12.1 Å². The number of hydrogen-bond acceptors (Lipinski definition) is 3. The van der Waals surface area contributed by atoms with Crippen molar-refractivity contribution in [2.75, 3.05) is 0 Å². The quantitative estimate of drug-likeness (QED) is 0.726. The maximum absolute atomic E-state index is 10.1. The molecule has 3 nitrogen and oxygen atoms in total. The van der Waals surface area contributed by atoms with Crippen molar-refractivity contribution in [2.24, 2.45) is 4.99 Å². The Morgan fingerprint density at radius 2 is 2.29 bits per heavy atom. The molecule has 72 valence electrons. The van der Waals surface area contributed by atoms with Crippen molar-refractivity contribution in [3.63, 3.8) is 0 Å². The van der Waals surface area contributed by atoms with Gasteiger partial charge in [0, 0.05) is 18.8 Å². The molecule has 0 radical (unpaired) electrons. The predicted molar refractivity (Wildman–Crippen MR) is 55.2 cm³/mol. The van der Waals surface area contributed by atoms with Gasteiger partial charge in [-0.25, -0.2) is 0 Å². The van der Waals surface area contributed by atoms with Crippen LogP contribution in [0.15, 0.2) is 41.7 Å². The van der Waals surface area contributed by atoms with Crippen molar-refractivity contribution in [1.82, 2.24) is 4.98 Å². The highest BCUT2D eigenvalue weighted by atomic mass is 16.3. The van der Waals surface area contributed by atoms with E-state index in [1.54, 1.807) is 19.3 Å². The highest BCUT2D eigenvalue weighted by molar-refractivity contribution is 6.05. The van der Waals surface area contributed by atoms with E-state index in [1.165, 1.54) is 0 Å². The van der Waals surface area contributed by atoms with Crippen LogP contribution in [0.5, 0.6) is 0 Å². The Morgan fingerprint density at radius 3 is 2.93 bits per heavy atom. The van der Waals surface area contributed by atoms with Crippen LogP contribution in [0.3, 0.4) is 0 Å². The lowest BCUT2D eigenvalue weighted by Gasteiger charge is -2.25. The van der Waals surface area contributed by atoms with Gasteiger partial charge in [-0.3, -0.25) is 9.98 Å². The van der Waals surface area contributed by atoms with Crippen molar-refractivity contribution in [2.45, 2.75) is 18.9 Å². The molecule has 0 bridgehead atoms. The Labute approximate surface area is 82.8 Å². The Hall–Kier alpha value is -1.48. The van der Waals surface area contributed by atoms with E-state index in [4.69, 9.17) is 0 Å². The molecule has 1 aromatic heterocycles. The van der Waals surface area contributed by atoms with Gasteiger partial charge in [-0.1, -0.05) is 12.1 Å². The molecular weight excluding hydrogens is 176 g/mol. The maximum Gasteiger partial charge on any atom is 0.109 e. The summed E-state index contributed by atoms with van der Waals surface area (Å²) in [4.78, 5) is 8.35. The van der Waals surface area contributed by atoms with E-state index in [2.05, 4.69) is 9.98 Å². The van der Waals surface area contributed by atoms with E-state index < -0.39 is 5.60 Å². The van der Waals surface area contributed by atoms with E-state index in [-0.39, 0.29) is 0 Å². The molecule has 2 rings (SSSR count). The highest BCUT2D eigenvalue weighted by Gasteiger charge is 2.29. The molecule has 1 N–H and O–H groups in total. The van der Waals surface area contributed by atoms with Crippen LogP contribution in [0.25, 0.3) is 0 Å². The molecule has 0 fully saturated rings. The summed E-state index contributed by atoms with van der Waals surface area (Å²) < 4.78 is 0. The lowest BCUT2D eigenvalue weighted by Crippen LogP contribution is -2.37. The van der Waals surface area contributed by atoms with Crippen molar-refractivity contribution >= 4 is 5.71 Å². The molecule has 0 saturated heterocycles. The van der Waals surface area contributed by atoms with Crippen LogP contribution >= 0.6 is 0 Å². The molecule has 0 amide bonds. The van der Waals surface area contributed by atoms with Gasteiger partial charge in [0.1, 0.15) is 5.60 Å². The van der Waals surface area contributed by atoms with Gasteiger partial charge in [0.25, 0.3) is 0 Å². The normalized spacial score (nSPS) is 26.0. The van der Waals surface area contributed by atoms with Crippen LogP contribution in [0.1, 0.15) is 19.0 Å². The third-order valence-corrected chi connectivity index (χ3v) is 2.24. The molecule has 1 aromatic rings. The summed E-state index contributed by atoms with van der Waals surface area (Å²) in [6.07, 6.45) is 5.85. The molecule has 1 unspecified atom stereocenters. The van der Waals surface area contributed by atoms with Gasteiger partial charge < -0.3 is 5.11 Å². The van der Waals surface area contributed by atoms with E-state index >= 15 is 0 Å². The summed E-state index contributed by atoms with van der Waals surface area (Å²) in [5, 5.41) is 10.1. The molecule has 3 heteroatoms. The molecule has 14 heavy (non-hydrogen) atoms. The Kier molecular flexibility index (Phi) is 2.17. The highest BCUT2D eigenvalue weighted by Crippen LogP contribution is 2.20. The van der Waals surface area contributed by atoms with Gasteiger partial charge >= 0.3 is 0 Å². The third kappa shape index (κ3) is 1.59. The Bertz CT molecular complexity index is 380. The lowest BCUT2D eigenvalue weighted by atomic mass is 9.92. The Morgan fingerprint density at radius 1 is 1.43 bits per heavy atom. The van der Waals surface area contributed by atoms with E-state index in [1.807, 2.05) is 24.3 Å². The van der Waals surface area contributed by atoms with Crippen LogP contribution in [0.2, 0.25) is 0 Å². The molecular formula is C11H12N2O. The standard InChI is InChI=1S/C11H12N2O/c1-11(14)6-4-8-13-10(11)9-5-2-3-7-12-9/h2-5,7-8,14H,6H2,1H3. The zero-order chi connectivity index (χ0) is 10.0. The molecule has 1 aliphatic heterocycles. The van der Waals surface area contributed by atoms with E-state index in [9.17, 15) is 5.11 Å². The second-order valence-electron chi connectivity index (χ2n) is 3.56. The SMILES string of the molecule is CC1(O)CC=CN=C1c1ccccn1. The van der Waals surface area contributed by atoms with Crippen molar-refractivity contribution in [3.8, 4) is 0 Å². The number of rotatable bonds is 1. The molecule has 1 atom stereocenters. The van der Waals surface area contributed by atoms with Crippen molar-refractivity contribution < 1.29 is 5.11 Å². The van der Waals surface area contributed by atoms with Crippen molar-refractivity contribution in [1.29, 1.82) is 0 Å². The van der Waals surface area contributed by atoms with Gasteiger partial charge in [0.05, 0.1) is 11.4 Å². The fraction of sp³-hybridized carbons (Fsp3) is 0.273. The Balaban J connectivity index is 2.43. The zero-order valence-corrected chi connectivity index (χ0v) is 8.01. The van der Waals surface area contributed by atoms with Crippen LogP contribution in [0.4, 0.5) is 0 Å². The first-order chi connectivity index (χ1) is 6.70. The van der Waals surface area contributed by atoms with Gasteiger partial charge in [-0.2, -0.15) is 0 Å². The average molecular weight is 188 g/mol. The molecule has 0 aromatic carbocycles. The van der Waals surface area contributed by atoms with Gasteiger partial charge in [-0.05, 0) is 19.1 Å². The second-order valence-corrected chi connectivity index (χ2v) is 3.56. The smallest absolute Gasteiger partial charge is 0.109 e. The summed E-state index contributed by atoms with van der Waals surface area (Å²) in [7, 11) is 0. The van der Waals surface area contributed by atoms with Gasteiger partial charge in [0.15, 0.2) is 0 Å². The van der Waals surface area contributed by atoms with Crippen LogP contribution in [0, 0.1) is 0 Å². The summed E-state index contributed by atoms with van der Waals surface area (Å²) >= 11 is 0. The number of aromatic nitrogens is 1. The number of aliphatic hydroxyl groups is 1. The average Bonchev–Trinajstić information content (AvgIpc) is 2.18. The minimum atomic E-state index is -0.900. The molecule has 0 spiro atoms. The molecule has 2 heterocycles. The summed E-state index contributed by atoms with van der Waals surface area (Å²) in [6, 6.07) is 5.59. The van der Waals surface area contributed by atoms with E-state index in [0.717, 1.165) is 5.69 Å². The first-order valence-corrected chi connectivity index (χ1v) is 4.57. The molecule has 0 aliphatic carbocycles. The number of aliphatic imine (C=N–C) groups is 1. The first kappa shape index (κ1) is 9.09. The predicted octanol–water partition coefficient (Wildman–Crippen LogP) is 1.54. The molecule has 0 saturated carbocycles. The lowest BCUT2D eigenvalue weighted by molar-refractivity contribution is 0.135. The number of pyridine rings is 1.